The van der Waals surface area contributed by atoms with Gasteiger partial charge in [0.1, 0.15) is 12.1 Å². The molecule has 0 saturated heterocycles. The van der Waals surface area contributed by atoms with Crippen LogP contribution in [0.25, 0.3) is 42.7 Å². The van der Waals surface area contributed by atoms with Crippen molar-refractivity contribution in [1.82, 2.24) is 9.97 Å². The monoisotopic (exact) mass is 864 g/mol. The number of carbonyl (C=O) groups excluding carboxylic acids is 1. The van der Waals surface area contributed by atoms with Crippen LogP contribution in [0.4, 0.5) is 0 Å². The summed E-state index contributed by atoms with van der Waals surface area (Å²) in [5, 5.41) is 16.7. The quantitative estimate of drug-likeness (QED) is 0.0671. The molecule has 0 atom stereocenters. The Morgan fingerprint density at radius 3 is 2.13 bits per heavy atom. The van der Waals surface area contributed by atoms with Gasteiger partial charge in [0.2, 0.25) is 0 Å². The number of fused-ring (bicyclic) bond motifs is 2. The summed E-state index contributed by atoms with van der Waals surface area (Å²) in [6, 6.07) is 16.4. The molecule has 5 rings (SSSR count). The number of aliphatic hydroxyl groups is 1. The molecule has 0 fully saturated rings. The predicted octanol–water partition coefficient (Wildman–Crippen LogP) is 12.3. The molecule has 8 heteroatoms. The van der Waals surface area contributed by atoms with Crippen LogP contribution in [0.15, 0.2) is 70.2 Å². The van der Waals surface area contributed by atoms with E-state index in [4.69, 9.17) is 12.6 Å². The first-order chi connectivity index (χ1) is 21.7. The molecular weight excluding hydrogens is 817 g/mol. The van der Waals surface area contributed by atoms with Gasteiger partial charge in [-0.3, -0.25) is 9.78 Å². The van der Waals surface area contributed by atoms with Crippen molar-refractivity contribution in [3.63, 3.8) is 0 Å². The van der Waals surface area contributed by atoms with Crippen molar-refractivity contribution in [2.24, 2.45) is 10.8 Å². The van der Waals surface area contributed by atoms with E-state index < -0.39 is 0 Å². The topological polar surface area (TPSA) is 63.1 Å². The molecule has 1 radical (unpaired) electrons. The SMILES string of the molecule is CC(C)(C)c1cc(-c2ncnc(-c3cccc4sccc34)c2S)[c-]c2ccsc12.CCC(C)(CC)C(=O)/C=C(\O)C(C)(CC)CC.[Ir]. The van der Waals surface area contributed by atoms with E-state index in [-0.39, 0.29) is 47.9 Å². The number of hydrogen-bond acceptors (Lipinski definition) is 7. The van der Waals surface area contributed by atoms with Gasteiger partial charge in [0, 0.05) is 63.3 Å². The molecule has 0 aliphatic rings. The van der Waals surface area contributed by atoms with Crippen molar-refractivity contribution in [3.05, 3.63) is 77.0 Å². The number of ketones is 1. The van der Waals surface area contributed by atoms with Crippen LogP contribution in [0.2, 0.25) is 0 Å². The van der Waals surface area contributed by atoms with Crippen LogP contribution < -0.4 is 0 Å². The molecule has 5 aromatic rings. The second kappa shape index (κ2) is 15.9. The van der Waals surface area contributed by atoms with Gasteiger partial charge in [-0.05, 0) is 58.7 Å². The van der Waals surface area contributed by atoms with Gasteiger partial charge in [-0.1, -0.05) is 85.6 Å². The Kier molecular flexibility index (Phi) is 13.2. The van der Waals surface area contributed by atoms with E-state index in [2.05, 4.69) is 84.0 Å². The Labute approximate surface area is 307 Å². The summed E-state index contributed by atoms with van der Waals surface area (Å²) >= 11 is 8.39. The molecule has 1 N–H and O–H groups in total. The van der Waals surface area contributed by atoms with Gasteiger partial charge < -0.3 is 5.11 Å². The summed E-state index contributed by atoms with van der Waals surface area (Å²) in [5.74, 6) is 0.286. The fourth-order valence-electron chi connectivity index (χ4n) is 5.35. The average molecular weight is 864 g/mol. The number of nitrogens with zero attached hydrogens (tertiary/aromatic N) is 2. The number of rotatable bonds is 9. The number of benzene rings is 2. The Morgan fingerprint density at radius 2 is 1.51 bits per heavy atom. The van der Waals surface area contributed by atoms with Gasteiger partial charge in [0.15, 0.2) is 5.78 Å². The van der Waals surface area contributed by atoms with Crippen LogP contribution in [0.3, 0.4) is 0 Å². The minimum atomic E-state index is -0.337. The minimum absolute atomic E-state index is 0. The number of carbonyl (C=O) groups is 1. The standard InChI is InChI=1S/C24H19N2S3.C15H28O2.Ir/c1-24(2,3)18-12-15(11-14-7-9-29-23(14)18)20-22(27)21(26-13-25-20)17-5-4-6-19-16(17)8-10-28-19;1-7-14(5,8-2)12(16)11-13(17)15(6,9-3)10-4;/h4-10,12-13,27H,1-3H3;11,16H,7-10H2,1-6H3;/q-1;;/b;12-11-;. The molecule has 0 amide bonds. The molecular formula is C39H47IrN2O2S3-. The molecule has 253 valence electrons. The average Bonchev–Trinajstić information content (AvgIpc) is 3.73. The maximum atomic E-state index is 12.2. The zero-order valence-electron chi connectivity index (χ0n) is 28.9. The predicted molar refractivity (Wildman–Crippen MR) is 202 cm³/mol. The molecule has 0 saturated carbocycles. The van der Waals surface area contributed by atoms with Crippen molar-refractivity contribution in [2.75, 3.05) is 0 Å². The van der Waals surface area contributed by atoms with Gasteiger partial charge in [0.25, 0.3) is 0 Å². The summed E-state index contributed by atoms with van der Waals surface area (Å²) < 4.78 is 2.54. The van der Waals surface area contributed by atoms with E-state index >= 15 is 0 Å². The molecule has 3 aromatic heterocycles. The van der Waals surface area contributed by atoms with Crippen molar-refractivity contribution >= 4 is 61.3 Å². The van der Waals surface area contributed by atoms with Gasteiger partial charge in [0.05, 0.1) is 5.69 Å². The summed E-state index contributed by atoms with van der Waals surface area (Å²) in [5.41, 5.74) is 4.47. The van der Waals surface area contributed by atoms with Gasteiger partial charge in [-0.25, -0.2) is 4.98 Å². The number of aliphatic hydroxyl groups excluding tert-OH is 1. The van der Waals surface area contributed by atoms with E-state index in [1.807, 2.05) is 41.5 Å². The van der Waals surface area contributed by atoms with Crippen LogP contribution >= 0.6 is 35.3 Å². The van der Waals surface area contributed by atoms with Crippen molar-refractivity contribution in [2.45, 2.75) is 98.3 Å². The molecule has 0 aliphatic carbocycles. The molecule has 0 bridgehead atoms. The van der Waals surface area contributed by atoms with Crippen LogP contribution in [-0.2, 0) is 30.3 Å². The third-order valence-electron chi connectivity index (χ3n) is 9.71. The first-order valence-corrected chi connectivity index (χ1v) is 18.3. The fourth-order valence-corrected chi connectivity index (χ4v) is 7.60. The second-order valence-electron chi connectivity index (χ2n) is 13.5. The number of allylic oxidation sites excluding steroid dienone is 2. The molecule has 0 spiro atoms. The number of aromatic nitrogens is 2. The smallest absolute Gasteiger partial charge is 0.164 e. The molecule has 0 unspecified atom stereocenters. The number of thiol groups is 1. The van der Waals surface area contributed by atoms with E-state index in [1.54, 1.807) is 29.0 Å². The summed E-state index contributed by atoms with van der Waals surface area (Å²) in [4.78, 5) is 22.2. The second-order valence-corrected chi connectivity index (χ2v) is 15.8. The Morgan fingerprint density at radius 1 is 0.894 bits per heavy atom. The van der Waals surface area contributed by atoms with Crippen molar-refractivity contribution < 1.29 is 30.0 Å². The Balaban J connectivity index is 0.000000290. The van der Waals surface area contributed by atoms with Crippen LogP contribution in [-0.4, -0.2) is 20.9 Å². The van der Waals surface area contributed by atoms with E-state index in [0.29, 0.717) is 0 Å². The minimum Gasteiger partial charge on any atom is -0.512 e. The molecule has 2 aromatic carbocycles. The Hall–Kier alpha value is -2.35. The van der Waals surface area contributed by atoms with Gasteiger partial charge in [-0.2, -0.15) is 11.3 Å². The summed E-state index contributed by atoms with van der Waals surface area (Å²) in [7, 11) is 0. The van der Waals surface area contributed by atoms with Gasteiger partial charge in [-0.15, -0.1) is 47.6 Å². The van der Waals surface area contributed by atoms with Crippen LogP contribution in [0.5, 0.6) is 0 Å². The summed E-state index contributed by atoms with van der Waals surface area (Å²) in [6.07, 6.45) is 6.39. The molecule has 4 nitrogen and oxygen atoms in total. The van der Waals surface area contributed by atoms with E-state index in [1.165, 1.54) is 26.4 Å². The normalized spacial score (nSPS) is 12.5. The largest absolute Gasteiger partial charge is 0.512 e. The Bertz CT molecular complexity index is 1860. The molecule has 47 heavy (non-hydrogen) atoms. The first kappa shape index (κ1) is 39.1. The maximum absolute atomic E-state index is 12.2. The number of thiophene rings is 2. The van der Waals surface area contributed by atoms with Crippen LogP contribution in [0.1, 0.15) is 93.6 Å². The van der Waals surface area contributed by atoms with Crippen molar-refractivity contribution in [3.8, 4) is 22.5 Å². The third-order valence-corrected chi connectivity index (χ3v) is 12.0. The zero-order chi connectivity index (χ0) is 33.9. The van der Waals surface area contributed by atoms with E-state index in [9.17, 15) is 9.90 Å². The third kappa shape index (κ3) is 8.28. The number of hydrogen-bond donors (Lipinski definition) is 2. The molecule has 3 heterocycles. The fraction of sp³-hybridized carbons (Fsp3) is 0.410. The van der Waals surface area contributed by atoms with E-state index in [0.717, 1.165) is 58.5 Å². The first-order valence-electron chi connectivity index (χ1n) is 16.1. The van der Waals surface area contributed by atoms with Crippen molar-refractivity contribution in [1.29, 1.82) is 0 Å². The molecule has 0 aliphatic heterocycles. The van der Waals surface area contributed by atoms with Crippen LogP contribution in [0, 0.1) is 16.9 Å². The zero-order valence-corrected chi connectivity index (χ0v) is 33.9. The summed E-state index contributed by atoms with van der Waals surface area (Å²) in [6.45, 7) is 18.8. The van der Waals surface area contributed by atoms with Gasteiger partial charge >= 0.3 is 0 Å². The maximum Gasteiger partial charge on any atom is 0.164 e.